The first-order chi connectivity index (χ1) is 42.8. The molecule has 0 aromatic carbocycles. The maximum absolute atomic E-state index is 13.4. The summed E-state index contributed by atoms with van der Waals surface area (Å²) in [4.78, 5) is 13.4. The fourth-order valence-electron chi connectivity index (χ4n) is 11.8. The SMILES string of the molecule is CC/C=C\C/C=C\C/C=C\C/C=C\CCCCCCCCCCCCCCCCCCCCCCC(=O)NC(COC1OC(CO)C(OC2OC(CO)C(OC3OC(CO)C(O)C(O)C3O)C(O)C2O)C(O)C1O)C(O)CCCCCCCCCCCC. The van der Waals surface area contributed by atoms with Gasteiger partial charge in [0.25, 0.3) is 0 Å². The summed E-state index contributed by atoms with van der Waals surface area (Å²) in [6, 6.07) is -0.884. The smallest absolute Gasteiger partial charge is 0.220 e. The Morgan fingerprint density at radius 1 is 0.420 bits per heavy atom. The Morgan fingerprint density at radius 2 is 0.784 bits per heavy atom. The summed E-state index contributed by atoms with van der Waals surface area (Å²) in [5, 5.41) is 120. The van der Waals surface area contributed by atoms with Gasteiger partial charge in [0.1, 0.15) is 73.2 Å². The summed E-state index contributed by atoms with van der Waals surface area (Å²) in [5.41, 5.74) is 0. The van der Waals surface area contributed by atoms with E-state index in [1.165, 1.54) is 148 Å². The molecule has 88 heavy (non-hydrogen) atoms. The fraction of sp³-hybridized carbons (Fsp3) is 0.870. The van der Waals surface area contributed by atoms with Crippen LogP contribution in [-0.4, -0.2) is 193 Å². The van der Waals surface area contributed by atoms with E-state index in [4.69, 9.17) is 28.4 Å². The van der Waals surface area contributed by atoms with E-state index < -0.39 is 124 Å². The van der Waals surface area contributed by atoms with Gasteiger partial charge < -0.3 is 89.9 Å². The van der Waals surface area contributed by atoms with Crippen molar-refractivity contribution in [2.75, 3.05) is 26.4 Å². The number of amides is 1. The Morgan fingerprint density at radius 3 is 1.23 bits per heavy atom. The molecule has 1 amide bonds. The first-order valence-corrected chi connectivity index (χ1v) is 34.9. The standard InChI is InChI=1S/C69H125NO18/c1-3-5-7-9-11-13-15-16-17-18-19-20-21-22-23-24-25-26-27-28-29-30-31-32-33-34-35-36-37-39-41-43-45-47-57(75)70-52(53(74)46-44-42-40-38-14-12-10-8-6-4-2)51-83-67-63(81)60(78)65(55(49-72)85-67)88-69-64(82)61(79)66(56(50-73)86-69)87-68-62(80)59(77)58(76)54(48-71)84-68/h5,7,11,13,16-17,19-20,52-56,58-69,71-74,76-82H,3-4,6,8-10,12,14-15,18,21-51H2,1-2H3,(H,70,75)/b7-5-,13-11-,17-16-,20-19-. The van der Waals surface area contributed by atoms with Gasteiger partial charge in [0.2, 0.25) is 5.91 Å². The minimum absolute atomic E-state index is 0.242. The van der Waals surface area contributed by atoms with Crippen LogP contribution >= 0.6 is 0 Å². The molecule has 17 unspecified atom stereocenters. The number of nitrogens with one attached hydrogen (secondary N) is 1. The number of aliphatic hydroxyl groups is 11. The highest BCUT2D eigenvalue weighted by molar-refractivity contribution is 5.76. The lowest BCUT2D eigenvalue weighted by Crippen LogP contribution is -2.66. The normalized spacial score (nSPS) is 28.7. The Kier molecular flexibility index (Phi) is 46.5. The highest BCUT2D eigenvalue weighted by atomic mass is 16.8. The van der Waals surface area contributed by atoms with Crippen molar-refractivity contribution in [1.82, 2.24) is 5.32 Å². The molecule has 514 valence electrons. The summed E-state index contributed by atoms with van der Waals surface area (Å²) in [6.45, 7) is 1.67. The van der Waals surface area contributed by atoms with E-state index in [9.17, 15) is 61.0 Å². The molecule has 0 aromatic rings. The number of hydrogen-bond donors (Lipinski definition) is 12. The summed E-state index contributed by atoms with van der Waals surface area (Å²) in [5.74, 6) is -0.242. The average molecular weight is 1260 g/mol. The highest BCUT2D eigenvalue weighted by Crippen LogP contribution is 2.33. The topological polar surface area (TPSA) is 307 Å². The Hall–Kier alpha value is -2.25. The van der Waals surface area contributed by atoms with Gasteiger partial charge in [-0.15, -0.1) is 0 Å². The molecule has 3 rings (SSSR count). The quantitative estimate of drug-likeness (QED) is 0.0200. The molecule has 0 bridgehead atoms. The van der Waals surface area contributed by atoms with Gasteiger partial charge in [0, 0.05) is 6.42 Å². The van der Waals surface area contributed by atoms with Crippen molar-refractivity contribution in [1.29, 1.82) is 0 Å². The number of carbonyl (C=O) groups excluding carboxylic acids is 1. The summed E-state index contributed by atoms with van der Waals surface area (Å²) < 4.78 is 34.3. The van der Waals surface area contributed by atoms with Crippen molar-refractivity contribution in [2.24, 2.45) is 0 Å². The van der Waals surface area contributed by atoms with Gasteiger partial charge in [0.15, 0.2) is 18.9 Å². The lowest BCUT2D eigenvalue weighted by Gasteiger charge is -2.48. The highest BCUT2D eigenvalue weighted by Gasteiger charge is 2.53. The van der Waals surface area contributed by atoms with Crippen LogP contribution in [0.1, 0.15) is 251 Å². The molecule has 3 aliphatic rings. The lowest BCUT2D eigenvalue weighted by atomic mass is 9.96. The number of ether oxygens (including phenoxy) is 6. The van der Waals surface area contributed by atoms with Crippen molar-refractivity contribution >= 4 is 5.91 Å². The van der Waals surface area contributed by atoms with Crippen molar-refractivity contribution in [3.05, 3.63) is 48.6 Å². The van der Waals surface area contributed by atoms with E-state index >= 15 is 0 Å². The second kappa shape index (κ2) is 51.2. The van der Waals surface area contributed by atoms with Crippen LogP contribution in [0.3, 0.4) is 0 Å². The van der Waals surface area contributed by atoms with E-state index in [-0.39, 0.29) is 18.9 Å². The Bertz CT molecular complexity index is 1790. The molecule has 19 nitrogen and oxygen atoms in total. The number of rotatable bonds is 53. The molecule has 12 N–H and O–H groups in total. The van der Waals surface area contributed by atoms with E-state index in [1.807, 2.05) is 0 Å². The number of hydrogen-bond acceptors (Lipinski definition) is 18. The fourth-order valence-corrected chi connectivity index (χ4v) is 11.8. The molecule has 0 aliphatic carbocycles. The third kappa shape index (κ3) is 33.0. The van der Waals surface area contributed by atoms with Crippen LogP contribution in [0.15, 0.2) is 48.6 Å². The zero-order chi connectivity index (χ0) is 64.0. The molecule has 19 heteroatoms. The summed E-state index contributed by atoms with van der Waals surface area (Å²) in [6.07, 6.45) is 33.7. The van der Waals surface area contributed by atoms with Crippen LogP contribution in [-0.2, 0) is 33.2 Å². The maximum Gasteiger partial charge on any atom is 0.220 e. The van der Waals surface area contributed by atoms with Gasteiger partial charge in [-0.05, 0) is 51.4 Å². The Balaban J connectivity index is 1.32. The van der Waals surface area contributed by atoms with E-state index in [1.54, 1.807) is 0 Å². The monoisotopic (exact) mass is 1260 g/mol. The van der Waals surface area contributed by atoms with Crippen LogP contribution in [0.2, 0.25) is 0 Å². The minimum Gasteiger partial charge on any atom is -0.394 e. The van der Waals surface area contributed by atoms with Crippen molar-refractivity contribution in [3.63, 3.8) is 0 Å². The van der Waals surface area contributed by atoms with Gasteiger partial charge in [-0.3, -0.25) is 4.79 Å². The minimum atomic E-state index is -1.97. The molecule has 0 aromatic heterocycles. The first-order valence-electron chi connectivity index (χ1n) is 34.9. The second-order valence-corrected chi connectivity index (χ2v) is 25.0. The molecule has 0 saturated carbocycles. The molecular weight excluding hydrogens is 1130 g/mol. The predicted molar refractivity (Wildman–Crippen MR) is 342 cm³/mol. The molecule has 3 heterocycles. The number of aliphatic hydroxyl groups excluding tert-OH is 11. The zero-order valence-corrected chi connectivity index (χ0v) is 54.2. The van der Waals surface area contributed by atoms with Gasteiger partial charge in [-0.25, -0.2) is 0 Å². The third-order valence-electron chi connectivity index (χ3n) is 17.4. The van der Waals surface area contributed by atoms with Crippen LogP contribution < -0.4 is 5.32 Å². The van der Waals surface area contributed by atoms with Crippen molar-refractivity contribution in [3.8, 4) is 0 Å². The maximum atomic E-state index is 13.4. The van der Waals surface area contributed by atoms with Gasteiger partial charge in [-0.1, -0.05) is 242 Å². The second-order valence-electron chi connectivity index (χ2n) is 25.0. The lowest BCUT2D eigenvalue weighted by molar-refractivity contribution is -0.379. The van der Waals surface area contributed by atoms with E-state index in [0.29, 0.717) is 12.8 Å². The number of allylic oxidation sites excluding steroid dienone is 8. The predicted octanol–water partition coefficient (Wildman–Crippen LogP) is 9.00. The molecule has 3 fully saturated rings. The zero-order valence-electron chi connectivity index (χ0n) is 54.2. The van der Waals surface area contributed by atoms with Crippen LogP contribution in [0, 0.1) is 0 Å². The van der Waals surface area contributed by atoms with Crippen molar-refractivity contribution in [2.45, 2.75) is 356 Å². The van der Waals surface area contributed by atoms with Crippen molar-refractivity contribution < 1.29 is 89.4 Å². The number of carbonyl (C=O) groups is 1. The van der Waals surface area contributed by atoms with Gasteiger partial charge >= 0.3 is 0 Å². The average Bonchev–Trinajstić information content (AvgIpc) is 1.83. The summed E-state index contributed by atoms with van der Waals surface area (Å²) >= 11 is 0. The van der Waals surface area contributed by atoms with Gasteiger partial charge in [-0.2, -0.15) is 0 Å². The summed E-state index contributed by atoms with van der Waals surface area (Å²) in [7, 11) is 0. The van der Waals surface area contributed by atoms with Crippen LogP contribution in [0.25, 0.3) is 0 Å². The molecular formula is C69H125NO18. The largest absolute Gasteiger partial charge is 0.394 e. The third-order valence-corrected chi connectivity index (χ3v) is 17.4. The first kappa shape index (κ1) is 80.0. The molecule has 3 saturated heterocycles. The van der Waals surface area contributed by atoms with Crippen LogP contribution in [0.4, 0.5) is 0 Å². The van der Waals surface area contributed by atoms with E-state index in [0.717, 1.165) is 70.6 Å². The molecule has 3 aliphatic heterocycles. The molecule has 17 atom stereocenters. The van der Waals surface area contributed by atoms with Gasteiger partial charge in [0.05, 0.1) is 38.6 Å². The number of unbranched alkanes of at least 4 members (excludes halogenated alkanes) is 29. The molecule has 0 radical (unpaired) electrons. The van der Waals surface area contributed by atoms with Crippen LogP contribution in [0.5, 0.6) is 0 Å². The Labute approximate surface area is 529 Å². The van der Waals surface area contributed by atoms with E-state index in [2.05, 4.69) is 67.8 Å². The molecule has 0 spiro atoms.